The highest BCUT2D eigenvalue weighted by Gasteiger charge is 2.49. The van der Waals surface area contributed by atoms with E-state index >= 15 is 0 Å². The molecule has 3 heterocycles. The summed E-state index contributed by atoms with van der Waals surface area (Å²) in [5.41, 5.74) is -0.975. The Morgan fingerprint density at radius 2 is 2.03 bits per heavy atom. The quantitative estimate of drug-likeness (QED) is 0.581. The lowest BCUT2D eigenvalue weighted by Gasteiger charge is -2.34. The van der Waals surface area contributed by atoms with E-state index in [1.807, 2.05) is 0 Å². The summed E-state index contributed by atoms with van der Waals surface area (Å²) in [6.07, 6.45) is 1.75. The molecule has 0 radical (unpaired) electrons. The van der Waals surface area contributed by atoms with Crippen molar-refractivity contribution in [1.29, 1.82) is 0 Å². The Bertz CT molecular complexity index is 1070. The lowest BCUT2D eigenvalue weighted by atomic mass is 9.89. The first kappa shape index (κ1) is 24.9. The molecule has 1 atom stereocenters. The predicted octanol–water partition coefficient (Wildman–Crippen LogP) is 1.89. The number of hydrogen-bond acceptors (Lipinski definition) is 7. The van der Waals surface area contributed by atoms with Crippen molar-refractivity contribution in [1.82, 2.24) is 14.5 Å². The van der Waals surface area contributed by atoms with Gasteiger partial charge in [0.15, 0.2) is 0 Å². The van der Waals surface area contributed by atoms with Crippen LogP contribution in [0.15, 0.2) is 34.2 Å². The number of methoxy groups -OCH3 is 1. The van der Waals surface area contributed by atoms with Gasteiger partial charge in [0.1, 0.15) is 18.0 Å². The van der Waals surface area contributed by atoms with E-state index in [-0.39, 0.29) is 49.3 Å². The monoisotopic (exact) mass is 512 g/mol. The van der Waals surface area contributed by atoms with E-state index in [1.54, 1.807) is 24.1 Å². The number of aliphatic imine (C=N–C) groups is 1. The molecule has 12 heteroatoms. The number of carbonyl (C=O) groups excluding carboxylic acids is 2. The molecule has 2 saturated heterocycles. The summed E-state index contributed by atoms with van der Waals surface area (Å²) in [4.78, 5) is 31.8. The van der Waals surface area contributed by atoms with E-state index in [9.17, 15) is 18.0 Å². The van der Waals surface area contributed by atoms with Gasteiger partial charge in [-0.15, -0.1) is 0 Å². The number of carbonyl (C=O) groups is 2. The number of amidine groups is 1. The van der Waals surface area contributed by atoms with Crippen LogP contribution in [0.5, 0.6) is 0 Å². The Labute approximate surface area is 204 Å². The van der Waals surface area contributed by atoms with Gasteiger partial charge in [-0.25, -0.2) is 13.2 Å². The lowest BCUT2D eigenvalue weighted by Crippen LogP contribution is -2.50. The first-order valence-corrected chi connectivity index (χ1v) is 13.1. The van der Waals surface area contributed by atoms with Crippen LogP contribution in [0.4, 0.5) is 4.79 Å². The maximum absolute atomic E-state index is 13.0. The van der Waals surface area contributed by atoms with Gasteiger partial charge in [-0.05, 0) is 43.9 Å². The molecule has 1 unspecified atom stereocenters. The fourth-order valence-corrected chi connectivity index (χ4v) is 6.36. The van der Waals surface area contributed by atoms with Crippen molar-refractivity contribution < 1.29 is 27.5 Å². The van der Waals surface area contributed by atoms with Crippen molar-refractivity contribution in [3.05, 3.63) is 29.3 Å². The maximum Gasteiger partial charge on any atom is 0.409 e. The van der Waals surface area contributed by atoms with E-state index in [4.69, 9.17) is 26.1 Å². The van der Waals surface area contributed by atoms with Gasteiger partial charge in [0.2, 0.25) is 10.0 Å². The minimum Gasteiger partial charge on any atom is -0.447 e. The molecule has 1 aromatic rings. The second kappa shape index (κ2) is 10.2. The summed E-state index contributed by atoms with van der Waals surface area (Å²) in [6, 6.07) is 6.16. The third-order valence-electron chi connectivity index (χ3n) is 6.56. The third-order valence-corrected chi connectivity index (χ3v) is 8.69. The SMILES string of the molecule is COCCOC(=O)N1CCCC(C2=NC3(CCN(S(=O)(=O)c4cccc(Cl)c4)CC3)C(=O)N2)C1. The van der Waals surface area contributed by atoms with Crippen LogP contribution in [0.25, 0.3) is 0 Å². The Balaban J connectivity index is 1.41. The molecule has 0 aliphatic carbocycles. The number of ether oxygens (including phenoxy) is 2. The van der Waals surface area contributed by atoms with Gasteiger partial charge in [-0.2, -0.15) is 4.31 Å². The fraction of sp³-hybridized carbons (Fsp3) is 0.591. The first-order chi connectivity index (χ1) is 16.2. The Kier molecular flexibility index (Phi) is 7.46. The predicted molar refractivity (Wildman–Crippen MR) is 125 cm³/mol. The molecule has 1 aromatic carbocycles. The Morgan fingerprint density at radius 1 is 1.26 bits per heavy atom. The zero-order valence-corrected chi connectivity index (χ0v) is 20.6. The highest BCUT2D eigenvalue weighted by Crippen LogP contribution is 2.34. The number of hydrogen-bond donors (Lipinski definition) is 1. The number of nitrogens with one attached hydrogen (secondary N) is 1. The van der Waals surface area contributed by atoms with Gasteiger partial charge < -0.3 is 19.7 Å². The number of halogens is 1. The van der Waals surface area contributed by atoms with Crippen LogP contribution < -0.4 is 5.32 Å². The van der Waals surface area contributed by atoms with Crippen LogP contribution in [0.2, 0.25) is 5.02 Å². The molecule has 10 nitrogen and oxygen atoms in total. The van der Waals surface area contributed by atoms with Gasteiger partial charge >= 0.3 is 6.09 Å². The number of sulfonamides is 1. The first-order valence-electron chi connectivity index (χ1n) is 11.3. The molecule has 0 bridgehead atoms. The lowest BCUT2D eigenvalue weighted by molar-refractivity contribution is -0.125. The van der Waals surface area contributed by atoms with Crippen molar-refractivity contribution in [3.63, 3.8) is 0 Å². The molecule has 2 fully saturated rings. The van der Waals surface area contributed by atoms with Crippen LogP contribution in [-0.2, 0) is 24.3 Å². The minimum atomic E-state index is -3.71. The molecule has 1 N–H and O–H groups in total. The third kappa shape index (κ3) is 5.07. The number of rotatable bonds is 6. The van der Waals surface area contributed by atoms with Gasteiger partial charge in [0.05, 0.1) is 11.5 Å². The van der Waals surface area contributed by atoms with Crippen LogP contribution >= 0.6 is 11.6 Å². The molecule has 34 heavy (non-hydrogen) atoms. The molecule has 4 rings (SSSR count). The van der Waals surface area contributed by atoms with Gasteiger partial charge in [0, 0.05) is 44.2 Å². The fourth-order valence-electron chi connectivity index (χ4n) is 4.62. The summed E-state index contributed by atoms with van der Waals surface area (Å²) in [7, 11) is -2.17. The molecule has 186 valence electrons. The van der Waals surface area contributed by atoms with Crippen molar-refractivity contribution in [2.75, 3.05) is 46.5 Å². The van der Waals surface area contributed by atoms with Crippen molar-refractivity contribution in [3.8, 4) is 0 Å². The summed E-state index contributed by atoms with van der Waals surface area (Å²) in [5.74, 6) is 0.271. The van der Waals surface area contributed by atoms with Gasteiger partial charge in [-0.1, -0.05) is 17.7 Å². The van der Waals surface area contributed by atoms with Crippen molar-refractivity contribution in [2.24, 2.45) is 10.9 Å². The van der Waals surface area contributed by atoms with Gasteiger partial charge in [-0.3, -0.25) is 9.79 Å². The molecule has 0 saturated carbocycles. The second-order valence-electron chi connectivity index (χ2n) is 8.74. The Morgan fingerprint density at radius 3 is 2.74 bits per heavy atom. The summed E-state index contributed by atoms with van der Waals surface area (Å²) < 4.78 is 37.5. The zero-order valence-electron chi connectivity index (χ0n) is 19.0. The van der Waals surface area contributed by atoms with Crippen molar-refractivity contribution >= 4 is 39.5 Å². The van der Waals surface area contributed by atoms with Gasteiger partial charge in [0.25, 0.3) is 5.91 Å². The smallest absolute Gasteiger partial charge is 0.409 e. The normalized spacial score (nSPS) is 23.0. The highest BCUT2D eigenvalue weighted by molar-refractivity contribution is 7.89. The van der Waals surface area contributed by atoms with Crippen molar-refractivity contribution in [2.45, 2.75) is 36.1 Å². The summed E-state index contributed by atoms with van der Waals surface area (Å²) >= 11 is 5.97. The molecular formula is C22H29ClN4O6S. The van der Waals surface area contributed by atoms with E-state index in [0.29, 0.717) is 30.6 Å². The van der Waals surface area contributed by atoms with E-state index < -0.39 is 21.7 Å². The topological polar surface area (TPSA) is 118 Å². The number of amides is 2. The molecule has 3 aliphatic rings. The van der Waals surface area contributed by atoms with Crippen LogP contribution in [0.3, 0.4) is 0 Å². The van der Waals surface area contributed by atoms with Crippen LogP contribution in [0, 0.1) is 5.92 Å². The summed E-state index contributed by atoms with van der Waals surface area (Å²) in [6.45, 7) is 1.88. The van der Waals surface area contributed by atoms with E-state index in [0.717, 1.165) is 12.8 Å². The van der Waals surface area contributed by atoms with E-state index in [2.05, 4.69) is 5.32 Å². The number of likely N-dealkylation sites (tertiary alicyclic amines) is 1. The molecule has 3 aliphatic heterocycles. The standard InChI is InChI=1S/C22H29ClN4O6S/c1-32-12-13-33-21(29)26-9-3-4-16(15-26)19-24-20(28)22(25-19)7-10-27(11-8-22)34(30,31)18-6-2-5-17(23)14-18/h2,5-6,14,16H,3-4,7-13,15H2,1H3,(H,24,25,28). The van der Waals surface area contributed by atoms with E-state index in [1.165, 1.54) is 16.4 Å². The zero-order chi connectivity index (χ0) is 24.3. The average molecular weight is 513 g/mol. The largest absolute Gasteiger partial charge is 0.447 e. The maximum atomic E-state index is 13.0. The average Bonchev–Trinajstić information content (AvgIpc) is 3.15. The number of nitrogens with zero attached hydrogens (tertiary/aromatic N) is 3. The second-order valence-corrected chi connectivity index (χ2v) is 11.1. The summed E-state index contributed by atoms with van der Waals surface area (Å²) in [5, 5.41) is 3.27. The molecular weight excluding hydrogens is 484 g/mol. The molecule has 0 aromatic heterocycles. The highest BCUT2D eigenvalue weighted by atomic mass is 35.5. The van der Waals surface area contributed by atoms with Crippen LogP contribution in [-0.4, -0.2) is 87.5 Å². The minimum absolute atomic E-state index is 0.0970. The number of piperidine rings is 2. The van der Waals surface area contributed by atoms with Crippen LogP contribution in [0.1, 0.15) is 25.7 Å². The molecule has 2 amide bonds. The molecule has 1 spiro atoms. The Hall–Kier alpha value is -2.21. The number of benzene rings is 1.